The first kappa shape index (κ1) is 9.51. The molecule has 0 N–H and O–H groups in total. The summed E-state index contributed by atoms with van der Waals surface area (Å²) in [7, 11) is 0. The second kappa shape index (κ2) is 5.13. The van der Waals surface area contributed by atoms with Crippen molar-refractivity contribution in [3.8, 4) is 0 Å². The average Bonchev–Trinajstić information content (AvgIpc) is 2.05. The van der Waals surface area contributed by atoms with Crippen LogP contribution in [0.4, 0.5) is 0 Å². The second-order valence-electron chi connectivity index (χ2n) is 2.30. The summed E-state index contributed by atoms with van der Waals surface area (Å²) >= 11 is -0.444. The van der Waals surface area contributed by atoms with E-state index in [1.54, 1.807) is 0 Å². The third kappa shape index (κ3) is 3.71. The van der Waals surface area contributed by atoms with Gasteiger partial charge in [-0.05, 0) is 5.56 Å². The molecule has 1 aromatic rings. The number of hydrogen-bond acceptors (Lipinski definition) is 2. The van der Waals surface area contributed by atoms with Gasteiger partial charge >= 0.3 is 5.97 Å². The summed E-state index contributed by atoms with van der Waals surface area (Å²) in [6.45, 7) is 1.45. The highest BCUT2D eigenvalue weighted by molar-refractivity contribution is 14.2. The number of carbonyl (C=O) groups is 1. The molecule has 2 nitrogen and oxygen atoms in total. The van der Waals surface area contributed by atoms with Gasteiger partial charge in [-0.2, -0.15) is 0 Å². The number of hydrogen-bond donors (Lipinski definition) is 0. The van der Waals surface area contributed by atoms with E-state index in [2.05, 4.69) is 0 Å². The molecule has 0 atom stereocenters. The van der Waals surface area contributed by atoms with E-state index < -0.39 is 21.6 Å². The fourth-order valence-corrected chi connectivity index (χ4v) is 2.20. The van der Waals surface area contributed by atoms with Crippen molar-refractivity contribution in [2.75, 3.05) is 0 Å². The largest absolute Gasteiger partial charge is 0.408 e. The maximum Gasteiger partial charge on any atom is 0.311 e. The van der Waals surface area contributed by atoms with Gasteiger partial charge in [0.05, 0.1) is 26.0 Å². The van der Waals surface area contributed by atoms with Crippen LogP contribution in [0.2, 0.25) is 0 Å². The van der Waals surface area contributed by atoms with Crippen molar-refractivity contribution in [1.29, 1.82) is 0 Å². The number of halogens is 1. The molecular weight excluding hydrogens is 267 g/mol. The Labute approximate surface area is 82.7 Å². The van der Waals surface area contributed by atoms with E-state index in [0.29, 0.717) is 0 Å². The fraction of sp³-hybridized carbons (Fsp3) is 0.222. The Balaban J connectivity index is 2.29. The standard InChI is InChI=1S/C9H10IO2/c1-8(11)12-10-7-9-5-3-2-4-6-9/h2-6H,7H2,1H3. The zero-order valence-electron chi connectivity index (χ0n) is 6.79. The molecule has 0 aromatic heterocycles. The van der Waals surface area contributed by atoms with Crippen LogP contribution < -0.4 is 0 Å². The van der Waals surface area contributed by atoms with Crippen molar-refractivity contribution in [2.24, 2.45) is 0 Å². The van der Waals surface area contributed by atoms with Crippen LogP contribution in [0.1, 0.15) is 12.5 Å². The summed E-state index contributed by atoms with van der Waals surface area (Å²) in [6.07, 6.45) is 0. The Morgan fingerprint density at radius 1 is 1.42 bits per heavy atom. The molecule has 0 amide bonds. The predicted octanol–water partition coefficient (Wildman–Crippen LogP) is 2.64. The van der Waals surface area contributed by atoms with Crippen LogP contribution in [0, 0.1) is 0 Å². The molecule has 0 aliphatic carbocycles. The normalized spacial score (nSPS) is 9.42. The molecule has 0 saturated carbocycles. The van der Waals surface area contributed by atoms with Crippen molar-refractivity contribution < 1.29 is 7.86 Å². The van der Waals surface area contributed by atoms with Crippen LogP contribution in [0.15, 0.2) is 30.3 Å². The van der Waals surface area contributed by atoms with Crippen molar-refractivity contribution in [2.45, 2.75) is 11.4 Å². The number of rotatable bonds is 3. The lowest BCUT2D eigenvalue weighted by molar-refractivity contribution is -0.128. The molecule has 1 rings (SSSR count). The second-order valence-corrected chi connectivity index (χ2v) is 4.12. The highest BCUT2D eigenvalue weighted by Gasteiger charge is 1.95. The molecule has 0 bridgehead atoms. The Kier molecular flexibility index (Phi) is 4.07. The first-order valence-electron chi connectivity index (χ1n) is 3.59. The van der Waals surface area contributed by atoms with Gasteiger partial charge in [0.15, 0.2) is 0 Å². The number of benzene rings is 1. The summed E-state index contributed by atoms with van der Waals surface area (Å²) in [5.41, 5.74) is 1.24. The summed E-state index contributed by atoms with van der Waals surface area (Å²) in [5.74, 6) is -0.168. The third-order valence-corrected chi connectivity index (χ3v) is 3.34. The molecule has 3 heteroatoms. The highest BCUT2D eigenvalue weighted by atomic mass is 127. The molecule has 0 fully saturated rings. The first-order valence-corrected chi connectivity index (χ1v) is 6.00. The Bertz CT molecular complexity index is 246. The monoisotopic (exact) mass is 277 g/mol. The zero-order chi connectivity index (χ0) is 8.81. The molecule has 0 heterocycles. The SMILES string of the molecule is CC(=O)O[I]Cc1ccccc1. The van der Waals surface area contributed by atoms with Gasteiger partial charge in [-0.15, -0.1) is 0 Å². The molecular formula is C9H10IO2. The Hall–Kier alpha value is -0.580. The van der Waals surface area contributed by atoms with Crippen molar-refractivity contribution in [3.63, 3.8) is 0 Å². The molecule has 0 aliphatic rings. The minimum absolute atomic E-state index is 0.168. The van der Waals surface area contributed by atoms with E-state index in [-0.39, 0.29) is 5.97 Å². The lowest BCUT2D eigenvalue weighted by Crippen LogP contribution is -1.88. The van der Waals surface area contributed by atoms with E-state index in [1.165, 1.54) is 12.5 Å². The average molecular weight is 277 g/mol. The molecule has 0 saturated heterocycles. The lowest BCUT2D eigenvalue weighted by Gasteiger charge is -1.98. The minimum atomic E-state index is -0.444. The number of carbonyl (C=O) groups excluding carboxylic acids is 1. The van der Waals surface area contributed by atoms with Crippen LogP contribution in [-0.2, 0) is 12.3 Å². The summed E-state index contributed by atoms with van der Waals surface area (Å²) in [5, 5.41) is 0. The van der Waals surface area contributed by atoms with Crippen LogP contribution >= 0.6 is 21.6 Å². The molecule has 0 spiro atoms. The maximum absolute atomic E-state index is 10.4. The van der Waals surface area contributed by atoms with Gasteiger partial charge in [0.2, 0.25) is 0 Å². The summed E-state index contributed by atoms with van der Waals surface area (Å²) in [6, 6.07) is 10.1. The minimum Gasteiger partial charge on any atom is -0.408 e. The van der Waals surface area contributed by atoms with Crippen LogP contribution in [-0.4, -0.2) is 5.97 Å². The Morgan fingerprint density at radius 3 is 2.67 bits per heavy atom. The summed E-state index contributed by atoms with van der Waals surface area (Å²) in [4.78, 5) is 10.4. The van der Waals surface area contributed by atoms with Crippen LogP contribution in [0.5, 0.6) is 0 Å². The van der Waals surface area contributed by atoms with Crippen molar-refractivity contribution in [1.82, 2.24) is 0 Å². The van der Waals surface area contributed by atoms with Gasteiger partial charge in [0.1, 0.15) is 0 Å². The van der Waals surface area contributed by atoms with E-state index in [0.717, 1.165) is 4.43 Å². The van der Waals surface area contributed by atoms with Gasteiger partial charge in [0.25, 0.3) is 0 Å². The van der Waals surface area contributed by atoms with E-state index in [1.807, 2.05) is 30.3 Å². The van der Waals surface area contributed by atoms with Gasteiger partial charge in [0, 0.05) is 6.92 Å². The number of alkyl halides is 1. The first-order chi connectivity index (χ1) is 5.79. The topological polar surface area (TPSA) is 26.3 Å². The molecule has 1 radical (unpaired) electrons. The quantitative estimate of drug-likeness (QED) is 0.627. The van der Waals surface area contributed by atoms with E-state index in [9.17, 15) is 4.79 Å². The predicted molar refractivity (Wildman–Crippen MR) is 55.9 cm³/mol. The Morgan fingerprint density at radius 2 is 2.08 bits per heavy atom. The van der Waals surface area contributed by atoms with Gasteiger partial charge in [-0.1, -0.05) is 30.3 Å². The zero-order valence-corrected chi connectivity index (χ0v) is 8.95. The smallest absolute Gasteiger partial charge is 0.311 e. The van der Waals surface area contributed by atoms with Crippen molar-refractivity contribution >= 4 is 27.6 Å². The fourth-order valence-electron chi connectivity index (χ4n) is 0.734. The summed E-state index contributed by atoms with van der Waals surface area (Å²) < 4.78 is 5.82. The molecule has 0 aliphatic heterocycles. The molecule has 12 heavy (non-hydrogen) atoms. The van der Waals surface area contributed by atoms with Gasteiger partial charge in [-0.3, -0.25) is 4.79 Å². The van der Waals surface area contributed by atoms with Crippen molar-refractivity contribution in [3.05, 3.63) is 35.9 Å². The van der Waals surface area contributed by atoms with Gasteiger partial charge < -0.3 is 3.07 Å². The van der Waals surface area contributed by atoms with E-state index in [4.69, 9.17) is 3.07 Å². The molecule has 1 aromatic carbocycles. The molecule has 0 unspecified atom stereocenters. The third-order valence-electron chi connectivity index (χ3n) is 1.21. The lowest BCUT2D eigenvalue weighted by atomic mass is 10.2. The van der Waals surface area contributed by atoms with Crippen LogP contribution in [0.3, 0.4) is 0 Å². The maximum atomic E-state index is 10.4. The highest BCUT2D eigenvalue weighted by Crippen LogP contribution is 2.20. The van der Waals surface area contributed by atoms with E-state index >= 15 is 0 Å². The van der Waals surface area contributed by atoms with Gasteiger partial charge in [-0.25, -0.2) is 0 Å². The molecule has 65 valence electrons. The van der Waals surface area contributed by atoms with Crippen LogP contribution in [0.25, 0.3) is 0 Å².